The smallest absolute Gasteiger partial charge is 0.231 e. The van der Waals surface area contributed by atoms with E-state index in [1.807, 2.05) is 49.5 Å². The zero-order chi connectivity index (χ0) is 19.7. The standard InChI is InChI=1S/C19H20N4O4S/c1-13-4-3-5-16(21-13)19-15(11-23(22-19)9-8-20-28(2,24)25)14-6-7-17-18(10-14)27-12-26-17/h3-7,10-11,20H,8-9,12H2,1-2H3. The summed E-state index contributed by atoms with van der Waals surface area (Å²) in [5.74, 6) is 1.40. The van der Waals surface area contributed by atoms with Crippen LogP contribution in [0.15, 0.2) is 42.6 Å². The number of benzene rings is 1. The minimum Gasteiger partial charge on any atom is -0.454 e. The quantitative estimate of drug-likeness (QED) is 0.682. The SMILES string of the molecule is Cc1cccc(-c2nn(CCNS(C)(=O)=O)cc2-c2ccc3c(c2)OCO3)n1. The van der Waals surface area contributed by atoms with Gasteiger partial charge in [-0.15, -0.1) is 0 Å². The fourth-order valence-electron chi connectivity index (χ4n) is 3.02. The van der Waals surface area contributed by atoms with Crippen LogP contribution < -0.4 is 14.2 Å². The largest absolute Gasteiger partial charge is 0.454 e. The van der Waals surface area contributed by atoms with Gasteiger partial charge in [0.05, 0.1) is 18.5 Å². The van der Waals surface area contributed by atoms with Gasteiger partial charge in [0, 0.05) is 24.0 Å². The zero-order valence-corrected chi connectivity index (χ0v) is 16.4. The molecule has 3 heterocycles. The van der Waals surface area contributed by atoms with Crippen LogP contribution in [0.25, 0.3) is 22.5 Å². The first-order valence-corrected chi connectivity index (χ1v) is 10.6. The molecule has 0 fully saturated rings. The van der Waals surface area contributed by atoms with E-state index in [-0.39, 0.29) is 13.3 Å². The maximum absolute atomic E-state index is 11.3. The Labute approximate surface area is 163 Å². The second-order valence-corrected chi connectivity index (χ2v) is 8.39. The van der Waals surface area contributed by atoms with Crippen molar-refractivity contribution in [3.8, 4) is 34.0 Å². The van der Waals surface area contributed by atoms with Crippen molar-refractivity contribution in [3.05, 3.63) is 48.3 Å². The summed E-state index contributed by atoms with van der Waals surface area (Å²) in [4.78, 5) is 4.59. The number of fused-ring (bicyclic) bond motifs is 1. The molecule has 1 aromatic carbocycles. The fraction of sp³-hybridized carbons (Fsp3) is 0.263. The monoisotopic (exact) mass is 400 g/mol. The zero-order valence-electron chi connectivity index (χ0n) is 15.5. The summed E-state index contributed by atoms with van der Waals surface area (Å²) < 4.78 is 37.7. The molecule has 0 saturated carbocycles. The molecule has 9 heteroatoms. The molecule has 1 aliphatic rings. The van der Waals surface area contributed by atoms with E-state index in [1.165, 1.54) is 0 Å². The highest BCUT2D eigenvalue weighted by molar-refractivity contribution is 7.88. The second-order valence-electron chi connectivity index (χ2n) is 6.55. The molecule has 0 aliphatic carbocycles. The molecule has 0 amide bonds. The molecular weight excluding hydrogens is 380 g/mol. The predicted octanol–water partition coefficient (Wildman–Crippen LogP) is 2.20. The van der Waals surface area contributed by atoms with Crippen LogP contribution >= 0.6 is 0 Å². The number of ether oxygens (including phenoxy) is 2. The van der Waals surface area contributed by atoms with E-state index in [0.717, 1.165) is 34.5 Å². The molecule has 1 N–H and O–H groups in total. The van der Waals surface area contributed by atoms with Crippen molar-refractivity contribution >= 4 is 10.0 Å². The van der Waals surface area contributed by atoms with E-state index in [0.29, 0.717) is 18.0 Å². The van der Waals surface area contributed by atoms with Crippen molar-refractivity contribution in [1.29, 1.82) is 0 Å². The third-order valence-electron chi connectivity index (χ3n) is 4.28. The summed E-state index contributed by atoms with van der Waals surface area (Å²) in [7, 11) is -3.25. The Morgan fingerprint density at radius 2 is 2.00 bits per heavy atom. The highest BCUT2D eigenvalue weighted by Gasteiger charge is 2.19. The first-order chi connectivity index (χ1) is 13.4. The van der Waals surface area contributed by atoms with E-state index in [1.54, 1.807) is 4.68 Å². The molecule has 0 spiro atoms. The van der Waals surface area contributed by atoms with Gasteiger partial charge in [0.25, 0.3) is 0 Å². The van der Waals surface area contributed by atoms with Crippen LogP contribution in [0.2, 0.25) is 0 Å². The summed E-state index contributed by atoms with van der Waals surface area (Å²) in [6.45, 7) is 2.79. The van der Waals surface area contributed by atoms with Crippen LogP contribution in [0.5, 0.6) is 11.5 Å². The van der Waals surface area contributed by atoms with Crippen LogP contribution in [-0.2, 0) is 16.6 Å². The number of rotatable bonds is 6. The predicted molar refractivity (Wildman–Crippen MR) is 105 cm³/mol. The molecule has 28 heavy (non-hydrogen) atoms. The fourth-order valence-corrected chi connectivity index (χ4v) is 3.48. The van der Waals surface area contributed by atoms with Crippen molar-refractivity contribution in [1.82, 2.24) is 19.5 Å². The minimum absolute atomic E-state index is 0.210. The Morgan fingerprint density at radius 1 is 1.18 bits per heavy atom. The van der Waals surface area contributed by atoms with Gasteiger partial charge < -0.3 is 9.47 Å². The molecule has 1 aliphatic heterocycles. The molecule has 3 aromatic rings. The molecule has 2 aromatic heterocycles. The Kier molecular flexibility index (Phi) is 4.78. The van der Waals surface area contributed by atoms with Crippen LogP contribution in [-0.4, -0.2) is 42.8 Å². The van der Waals surface area contributed by atoms with Crippen LogP contribution in [0.4, 0.5) is 0 Å². The first kappa shape index (κ1) is 18.5. The topological polar surface area (TPSA) is 95.3 Å². The van der Waals surface area contributed by atoms with Gasteiger partial charge in [-0.3, -0.25) is 9.67 Å². The van der Waals surface area contributed by atoms with Crippen molar-refractivity contribution in [2.24, 2.45) is 0 Å². The summed E-state index contributed by atoms with van der Waals surface area (Å²) in [6, 6.07) is 11.5. The van der Waals surface area contributed by atoms with Crippen LogP contribution in [0.3, 0.4) is 0 Å². The third-order valence-corrected chi connectivity index (χ3v) is 5.01. The van der Waals surface area contributed by atoms with Crippen molar-refractivity contribution in [3.63, 3.8) is 0 Å². The van der Waals surface area contributed by atoms with Crippen LogP contribution in [0, 0.1) is 6.92 Å². The highest BCUT2D eigenvalue weighted by Crippen LogP contribution is 2.38. The van der Waals surface area contributed by atoms with Gasteiger partial charge in [-0.05, 0) is 36.8 Å². The molecule has 0 bridgehead atoms. The maximum atomic E-state index is 11.3. The summed E-state index contributed by atoms with van der Waals surface area (Å²) in [5, 5.41) is 4.66. The second kappa shape index (κ2) is 7.25. The van der Waals surface area contributed by atoms with E-state index in [9.17, 15) is 8.42 Å². The molecule has 0 unspecified atom stereocenters. The van der Waals surface area contributed by atoms with E-state index < -0.39 is 10.0 Å². The van der Waals surface area contributed by atoms with Gasteiger partial charge in [-0.1, -0.05) is 12.1 Å². The summed E-state index contributed by atoms with van der Waals surface area (Å²) in [6.07, 6.45) is 3.02. The normalized spacial score (nSPS) is 13.1. The average Bonchev–Trinajstić information content (AvgIpc) is 3.26. The van der Waals surface area contributed by atoms with Gasteiger partial charge in [-0.25, -0.2) is 13.1 Å². The van der Waals surface area contributed by atoms with E-state index in [2.05, 4.69) is 14.8 Å². The molecule has 0 saturated heterocycles. The Hall–Kier alpha value is -2.91. The molecular formula is C19H20N4O4S. The Bertz CT molecular complexity index is 1120. The van der Waals surface area contributed by atoms with Gasteiger partial charge in [0.15, 0.2) is 11.5 Å². The number of hydrogen-bond acceptors (Lipinski definition) is 6. The number of pyridine rings is 1. The lowest BCUT2D eigenvalue weighted by Gasteiger charge is -2.04. The van der Waals surface area contributed by atoms with E-state index >= 15 is 0 Å². The van der Waals surface area contributed by atoms with Gasteiger partial charge >= 0.3 is 0 Å². The minimum atomic E-state index is -3.25. The maximum Gasteiger partial charge on any atom is 0.231 e. The molecule has 4 rings (SSSR count). The molecule has 8 nitrogen and oxygen atoms in total. The van der Waals surface area contributed by atoms with Crippen molar-refractivity contribution in [2.45, 2.75) is 13.5 Å². The first-order valence-electron chi connectivity index (χ1n) is 8.75. The third kappa shape index (κ3) is 4.00. The van der Waals surface area contributed by atoms with Crippen molar-refractivity contribution in [2.75, 3.05) is 19.6 Å². The number of sulfonamides is 1. The molecule has 0 radical (unpaired) electrons. The summed E-state index contributed by atoms with van der Waals surface area (Å²) in [5.41, 5.74) is 4.17. The molecule has 0 atom stereocenters. The lowest BCUT2D eigenvalue weighted by atomic mass is 10.0. The van der Waals surface area contributed by atoms with Gasteiger partial charge in [0.2, 0.25) is 16.8 Å². The Balaban J connectivity index is 1.72. The number of hydrogen-bond donors (Lipinski definition) is 1. The average molecular weight is 400 g/mol. The van der Waals surface area contributed by atoms with Gasteiger partial charge in [-0.2, -0.15) is 5.10 Å². The van der Waals surface area contributed by atoms with Gasteiger partial charge in [0.1, 0.15) is 5.69 Å². The lowest BCUT2D eigenvalue weighted by Crippen LogP contribution is -2.26. The number of nitrogens with zero attached hydrogens (tertiary/aromatic N) is 3. The van der Waals surface area contributed by atoms with Crippen LogP contribution in [0.1, 0.15) is 5.69 Å². The Morgan fingerprint density at radius 3 is 2.79 bits per heavy atom. The lowest BCUT2D eigenvalue weighted by molar-refractivity contribution is 0.174. The van der Waals surface area contributed by atoms with E-state index in [4.69, 9.17) is 9.47 Å². The molecule has 146 valence electrons. The van der Waals surface area contributed by atoms with Crippen molar-refractivity contribution < 1.29 is 17.9 Å². The number of aryl methyl sites for hydroxylation is 1. The highest BCUT2D eigenvalue weighted by atomic mass is 32.2. The number of aromatic nitrogens is 3. The summed E-state index contributed by atoms with van der Waals surface area (Å²) >= 11 is 0. The number of nitrogens with one attached hydrogen (secondary N) is 1.